The first-order valence-corrected chi connectivity index (χ1v) is 9.73. The number of hydrogen-bond donors (Lipinski definition) is 1. The molecule has 1 aromatic heterocycles. The number of nitrogens with one attached hydrogen (secondary N) is 1. The van der Waals surface area contributed by atoms with Gasteiger partial charge in [-0.25, -0.2) is 0 Å². The Morgan fingerprint density at radius 3 is 2.58 bits per heavy atom. The largest absolute Gasteiger partial charge is 0.356 e. The number of non-ortho nitro benzene ring substituents is 1. The lowest BCUT2D eigenvalue weighted by atomic mass is 9.96. The Hall–Kier alpha value is -2.25. The number of carbonyl (C=O) groups excluding carboxylic acids is 1. The van der Waals surface area contributed by atoms with E-state index in [4.69, 9.17) is 0 Å². The molecule has 2 heterocycles. The minimum absolute atomic E-state index is 0.0279. The minimum Gasteiger partial charge on any atom is -0.356 e. The predicted molar refractivity (Wildman–Crippen MR) is 102 cm³/mol. The molecule has 0 bridgehead atoms. The Morgan fingerprint density at radius 2 is 1.96 bits per heavy atom. The lowest BCUT2D eigenvalue weighted by molar-refractivity contribution is -0.384. The van der Waals surface area contributed by atoms with E-state index in [1.54, 1.807) is 23.5 Å². The highest BCUT2D eigenvalue weighted by Gasteiger charge is 2.20. The van der Waals surface area contributed by atoms with Crippen molar-refractivity contribution in [1.29, 1.82) is 0 Å². The standard InChI is InChI=1S/C19H23N3O3S/c23-19(12-15-3-5-17(6-4-15)22(24)25)20-13-16-7-9-21(10-8-16)14-18-2-1-11-26-18/h1-6,11,16H,7-10,12-14H2,(H,20,23). The third kappa shape index (κ3) is 5.37. The molecule has 0 radical (unpaired) electrons. The molecule has 0 saturated carbocycles. The van der Waals surface area contributed by atoms with Crippen LogP contribution in [0.25, 0.3) is 0 Å². The van der Waals surface area contributed by atoms with Gasteiger partial charge in [0.05, 0.1) is 11.3 Å². The molecule has 6 nitrogen and oxygen atoms in total. The summed E-state index contributed by atoms with van der Waals surface area (Å²) >= 11 is 1.80. The van der Waals surface area contributed by atoms with Gasteiger partial charge in [0.25, 0.3) is 5.69 Å². The van der Waals surface area contributed by atoms with E-state index in [1.807, 2.05) is 0 Å². The molecular weight excluding hydrogens is 350 g/mol. The number of amides is 1. The van der Waals surface area contributed by atoms with Crippen LogP contribution >= 0.6 is 11.3 Å². The van der Waals surface area contributed by atoms with E-state index in [0.717, 1.165) is 38.0 Å². The maximum atomic E-state index is 12.1. The number of piperidine rings is 1. The first-order valence-electron chi connectivity index (χ1n) is 8.85. The number of nitro benzene ring substituents is 1. The van der Waals surface area contributed by atoms with Crippen LogP contribution in [0.2, 0.25) is 0 Å². The molecule has 0 aliphatic carbocycles. The van der Waals surface area contributed by atoms with Gasteiger partial charge in [0, 0.05) is 30.1 Å². The molecule has 1 aliphatic heterocycles. The van der Waals surface area contributed by atoms with Crippen molar-refractivity contribution in [3.63, 3.8) is 0 Å². The van der Waals surface area contributed by atoms with Crippen molar-refractivity contribution in [2.45, 2.75) is 25.8 Å². The Labute approximate surface area is 157 Å². The summed E-state index contributed by atoms with van der Waals surface area (Å²) in [7, 11) is 0. The van der Waals surface area contributed by atoms with Gasteiger partial charge >= 0.3 is 0 Å². The highest BCUT2D eigenvalue weighted by molar-refractivity contribution is 7.09. The maximum absolute atomic E-state index is 12.1. The first-order chi connectivity index (χ1) is 12.6. The van der Waals surface area contributed by atoms with Crippen LogP contribution in [0.5, 0.6) is 0 Å². The van der Waals surface area contributed by atoms with Crippen molar-refractivity contribution in [3.8, 4) is 0 Å². The van der Waals surface area contributed by atoms with E-state index in [9.17, 15) is 14.9 Å². The number of rotatable bonds is 7. The van der Waals surface area contributed by atoms with Gasteiger partial charge in [-0.3, -0.25) is 19.8 Å². The van der Waals surface area contributed by atoms with Gasteiger partial charge in [-0.1, -0.05) is 18.2 Å². The third-order valence-electron chi connectivity index (χ3n) is 4.77. The summed E-state index contributed by atoms with van der Waals surface area (Å²) in [6.45, 7) is 3.87. The number of hydrogen-bond acceptors (Lipinski definition) is 5. The number of nitro groups is 1. The van der Waals surface area contributed by atoms with Crippen LogP contribution in [0, 0.1) is 16.0 Å². The van der Waals surface area contributed by atoms with Crippen molar-refractivity contribution in [3.05, 3.63) is 62.3 Å². The highest BCUT2D eigenvalue weighted by Crippen LogP contribution is 2.20. The van der Waals surface area contributed by atoms with Gasteiger partial charge in [0.2, 0.25) is 5.91 Å². The van der Waals surface area contributed by atoms with Gasteiger partial charge in [-0.2, -0.15) is 0 Å². The summed E-state index contributed by atoms with van der Waals surface area (Å²) in [6, 6.07) is 10.4. The van der Waals surface area contributed by atoms with Gasteiger partial charge < -0.3 is 5.32 Å². The van der Waals surface area contributed by atoms with E-state index < -0.39 is 4.92 Å². The average Bonchev–Trinajstić information content (AvgIpc) is 3.15. The molecule has 0 spiro atoms. The van der Waals surface area contributed by atoms with Crippen molar-refractivity contribution >= 4 is 22.9 Å². The number of nitrogens with zero attached hydrogens (tertiary/aromatic N) is 2. The Bertz CT molecular complexity index is 723. The molecular formula is C19H23N3O3S. The summed E-state index contributed by atoms with van der Waals surface area (Å²) in [5.41, 5.74) is 0.835. The van der Waals surface area contributed by atoms with E-state index in [1.165, 1.54) is 17.0 Å². The quantitative estimate of drug-likeness (QED) is 0.597. The second kappa shape index (κ2) is 8.91. The van der Waals surface area contributed by atoms with Gasteiger partial charge in [0.15, 0.2) is 0 Å². The zero-order valence-electron chi connectivity index (χ0n) is 14.6. The van der Waals surface area contributed by atoms with Crippen molar-refractivity contribution in [2.75, 3.05) is 19.6 Å². The lowest BCUT2D eigenvalue weighted by Gasteiger charge is -2.31. The number of benzene rings is 1. The van der Waals surface area contributed by atoms with Gasteiger partial charge in [-0.15, -0.1) is 11.3 Å². The summed E-state index contributed by atoms with van der Waals surface area (Å²) in [5, 5.41) is 15.8. The van der Waals surface area contributed by atoms with Crippen LogP contribution in [0.4, 0.5) is 5.69 Å². The Balaban J connectivity index is 1.36. The van der Waals surface area contributed by atoms with Crippen LogP contribution < -0.4 is 5.32 Å². The molecule has 1 aromatic carbocycles. The van der Waals surface area contributed by atoms with Gasteiger partial charge in [0.1, 0.15) is 0 Å². The molecule has 1 aliphatic rings. The summed E-state index contributed by atoms with van der Waals surface area (Å²) in [4.78, 5) is 26.2. The molecule has 0 atom stereocenters. The van der Waals surface area contributed by atoms with E-state index in [-0.39, 0.29) is 18.0 Å². The molecule has 1 fully saturated rings. The van der Waals surface area contributed by atoms with Gasteiger partial charge in [-0.05, 0) is 48.9 Å². The average molecular weight is 373 g/mol. The number of likely N-dealkylation sites (tertiary alicyclic amines) is 1. The number of thiophene rings is 1. The fourth-order valence-corrected chi connectivity index (χ4v) is 3.96. The first kappa shape index (κ1) is 18.5. The van der Waals surface area contributed by atoms with Crippen LogP contribution in [0.3, 0.4) is 0 Å². The van der Waals surface area contributed by atoms with Crippen molar-refractivity contribution < 1.29 is 9.72 Å². The molecule has 1 N–H and O–H groups in total. The molecule has 3 rings (SSSR count). The van der Waals surface area contributed by atoms with E-state index in [2.05, 4.69) is 27.7 Å². The molecule has 1 saturated heterocycles. The maximum Gasteiger partial charge on any atom is 0.269 e. The minimum atomic E-state index is -0.436. The number of carbonyl (C=O) groups is 1. The molecule has 26 heavy (non-hydrogen) atoms. The summed E-state index contributed by atoms with van der Waals surface area (Å²) < 4.78 is 0. The molecule has 2 aromatic rings. The molecule has 7 heteroatoms. The zero-order chi connectivity index (χ0) is 18.4. The summed E-state index contributed by atoms with van der Waals surface area (Å²) in [5.74, 6) is 0.496. The van der Waals surface area contributed by atoms with Crippen LogP contribution in [0.1, 0.15) is 23.3 Å². The fraction of sp³-hybridized carbons (Fsp3) is 0.421. The van der Waals surface area contributed by atoms with Crippen molar-refractivity contribution in [2.24, 2.45) is 5.92 Å². The van der Waals surface area contributed by atoms with Crippen LogP contribution in [0.15, 0.2) is 41.8 Å². The second-order valence-electron chi connectivity index (χ2n) is 6.70. The molecule has 0 unspecified atom stereocenters. The zero-order valence-corrected chi connectivity index (χ0v) is 15.4. The topological polar surface area (TPSA) is 75.5 Å². The Kier molecular flexibility index (Phi) is 6.35. The van der Waals surface area contributed by atoms with Crippen LogP contribution in [-0.2, 0) is 17.8 Å². The molecule has 138 valence electrons. The third-order valence-corrected chi connectivity index (χ3v) is 5.63. The highest BCUT2D eigenvalue weighted by atomic mass is 32.1. The summed E-state index contributed by atoms with van der Waals surface area (Å²) in [6.07, 6.45) is 2.46. The normalized spacial score (nSPS) is 15.7. The Morgan fingerprint density at radius 1 is 1.23 bits per heavy atom. The second-order valence-corrected chi connectivity index (χ2v) is 7.74. The van der Waals surface area contributed by atoms with Crippen LogP contribution in [-0.4, -0.2) is 35.4 Å². The van der Waals surface area contributed by atoms with Crippen molar-refractivity contribution in [1.82, 2.24) is 10.2 Å². The predicted octanol–water partition coefficient (Wildman–Crippen LogP) is 3.23. The fourth-order valence-electron chi connectivity index (χ4n) is 3.21. The van der Waals surface area contributed by atoms with E-state index >= 15 is 0 Å². The molecule has 1 amide bonds. The van der Waals surface area contributed by atoms with E-state index in [0.29, 0.717) is 12.5 Å². The lowest BCUT2D eigenvalue weighted by Crippen LogP contribution is -2.38. The SMILES string of the molecule is O=C(Cc1ccc([N+](=O)[O-])cc1)NCC1CCN(Cc2cccs2)CC1. The smallest absolute Gasteiger partial charge is 0.269 e. The monoisotopic (exact) mass is 373 g/mol.